The number of thioether (sulfide) groups is 1. The van der Waals surface area contributed by atoms with Gasteiger partial charge in [-0.2, -0.15) is 0 Å². The maximum Gasteiger partial charge on any atom is 0.323 e. The zero-order valence-electron chi connectivity index (χ0n) is 16.3. The topological polar surface area (TPSA) is 52.6 Å². The first kappa shape index (κ1) is 20.5. The SMILES string of the molecule is COC(=O)C1(C(=O)OC)C[C@@H](Cc2ccccc2)[C@@H](CSc2ccccc2)C1. The number of methoxy groups -OCH3 is 2. The number of ether oxygens (including phenoxy) is 2. The monoisotopic (exact) mass is 398 g/mol. The van der Waals surface area contributed by atoms with Crippen LogP contribution in [-0.4, -0.2) is 31.9 Å². The molecule has 0 radical (unpaired) electrons. The number of hydrogen-bond acceptors (Lipinski definition) is 5. The molecule has 148 valence electrons. The summed E-state index contributed by atoms with van der Waals surface area (Å²) in [6.45, 7) is 0. The molecule has 3 rings (SSSR count). The highest BCUT2D eigenvalue weighted by Gasteiger charge is 2.56. The Balaban J connectivity index is 1.84. The number of carbonyl (C=O) groups excluding carboxylic acids is 2. The summed E-state index contributed by atoms with van der Waals surface area (Å²) < 4.78 is 10.0. The highest BCUT2D eigenvalue weighted by molar-refractivity contribution is 7.99. The minimum Gasteiger partial charge on any atom is -0.468 e. The van der Waals surface area contributed by atoms with Crippen molar-refractivity contribution in [2.24, 2.45) is 17.3 Å². The van der Waals surface area contributed by atoms with E-state index in [1.165, 1.54) is 24.7 Å². The average Bonchev–Trinajstić information content (AvgIpc) is 3.12. The van der Waals surface area contributed by atoms with Crippen LogP contribution in [0.15, 0.2) is 65.6 Å². The first-order valence-electron chi connectivity index (χ1n) is 9.47. The Labute approximate surface area is 170 Å². The molecule has 0 amide bonds. The molecule has 2 aromatic rings. The van der Waals surface area contributed by atoms with Gasteiger partial charge in [0.05, 0.1) is 14.2 Å². The third kappa shape index (κ3) is 4.41. The Morgan fingerprint density at radius 2 is 1.43 bits per heavy atom. The predicted octanol–water partition coefficient (Wildman–Crippen LogP) is 4.38. The lowest BCUT2D eigenvalue weighted by atomic mass is 9.84. The van der Waals surface area contributed by atoms with E-state index in [0.717, 1.165) is 12.2 Å². The van der Waals surface area contributed by atoms with Crippen molar-refractivity contribution in [1.82, 2.24) is 0 Å². The first-order chi connectivity index (χ1) is 13.6. The van der Waals surface area contributed by atoms with Crippen molar-refractivity contribution in [3.8, 4) is 0 Å². The van der Waals surface area contributed by atoms with E-state index < -0.39 is 17.4 Å². The number of carbonyl (C=O) groups is 2. The van der Waals surface area contributed by atoms with Crippen molar-refractivity contribution in [3.63, 3.8) is 0 Å². The maximum absolute atomic E-state index is 12.6. The van der Waals surface area contributed by atoms with Gasteiger partial charge in [0.1, 0.15) is 0 Å². The average molecular weight is 399 g/mol. The van der Waals surface area contributed by atoms with Crippen LogP contribution in [-0.2, 0) is 25.5 Å². The van der Waals surface area contributed by atoms with Crippen molar-refractivity contribution in [2.45, 2.75) is 24.2 Å². The lowest BCUT2D eigenvalue weighted by Crippen LogP contribution is -2.39. The standard InChI is InChI=1S/C23H26O4S/c1-26-21(24)23(22(25)27-2)14-18(13-17-9-5-3-6-10-17)19(15-23)16-28-20-11-7-4-8-12-20/h3-12,18-19H,13-16H2,1-2H3/t18-,19-/m1/s1. The lowest BCUT2D eigenvalue weighted by molar-refractivity contribution is -0.169. The van der Waals surface area contributed by atoms with E-state index >= 15 is 0 Å². The molecule has 0 spiro atoms. The molecule has 2 atom stereocenters. The molecule has 1 saturated carbocycles. The van der Waals surface area contributed by atoms with Gasteiger partial charge < -0.3 is 9.47 Å². The van der Waals surface area contributed by atoms with Crippen LogP contribution in [0.5, 0.6) is 0 Å². The van der Waals surface area contributed by atoms with Crippen LogP contribution in [0.1, 0.15) is 18.4 Å². The minimum absolute atomic E-state index is 0.205. The second-order valence-corrected chi connectivity index (χ2v) is 8.40. The van der Waals surface area contributed by atoms with E-state index in [2.05, 4.69) is 24.3 Å². The fourth-order valence-electron chi connectivity index (χ4n) is 4.19. The number of benzene rings is 2. The molecule has 0 unspecified atom stereocenters. The van der Waals surface area contributed by atoms with Crippen molar-refractivity contribution < 1.29 is 19.1 Å². The molecule has 0 bridgehead atoms. The van der Waals surface area contributed by atoms with Crippen molar-refractivity contribution in [1.29, 1.82) is 0 Å². The quantitative estimate of drug-likeness (QED) is 0.394. The summed E-state index contributed by atoms with van der Waals surface area (Å²) in [6.07, 6.45) is 1.75. The number of esters is 2. The van der Waals surface area contributed by atoms with Gasteiger partial charge in [0.25, 0.3) is 0 Å². The molecule has 1 fully saturated rings. The molecular formula is C23H26O4S. The molecule has 1 aliphatic carbocycles. The van der Waals surface area contributed by atoms with Crippen molar-refractivity contribution in [3.05, 3.63) is 66.2 Å². The number of hydrogen-bond donors (Lipinski definition) is 0. The van der Waals surface area contributed by atoms with E-state index in [4.69, 9.17) is 9.47 Å². The molecule has 28 heavy (non-hydrogen) atoms. The second-order valence-electron chi connectivity index (χ2n) is 7.31. The second kappa shape index (κ2) is 9.28. The van der Waals surface area contributed by atoms with E-state index in [9.17, 15) is 9.59 Å². The highest BCUT2D eigenvalue weighted by Crippen LogP contribution is 2.50. The Bertz CT molecular complexity index is 775. The molecule has 2 aromatic carbocycles. The van der Waals surface area contributed by atoms with E-state index in [-0.39, 0.29) is 11.8 Å². The van der Waals surface area contributed by atoms with Gasteiger partial charge in [-0.15, -0.1) is 11.8 Å². The van der Waals surface area contributed by atoms with Crippen LogP contribution in [0.25, 0.3) is 0 Å². The van der Waals surface area contributed by atoms with Crippen LogP contribution in [0.2, 0.25) is 0 Å². The van der Waals surface area contributed by atoms with Gasteiger partial charge in [-0.25, -0.2) is 0 Å². The molecule has 0 aromatic heterocycles. The van der Waals surface area contributed by atoms with Gasteiger partial charge in [0.2, 0.25) is 0 Å². The van der Waals surface area contributed by atoms with Crippen LogP contribution in [0.3, 0.4) is 0 Å². The van der Waals surface area contributed by atoms with Crippen molar-refractivity contribution >= 4 is 23.7 Å². The van der Waals surface area contributed by atoms with Crippen molar-refractivity contribution in [2.75, 3.05) is 20.0 Å². The van der Waals surface area contributed by atoms with E-state index in [0.29, 0.717) is 12.8 Å². The molecule has 5 heteroatoms. The summed E-state index contributed by atoms with van der Waals surface area (Å²) in [7, 11) is 2.68. The van der Waals surface area contributed by atoms with E-state index in [1.807, 2.05) is 36.4 Å². The summed E-state index contributed by atoms with van der Waals surface area (Å²) >= 11 is 1.77. The molecule has 0 heterocycles. The fraction of sp³-hybridized carbons (Fsp3) is 0.391. The zero-order valence-corrected chi connectivity index (χ0v) is 17.1. The third-order valence-electron chi connectivity index (χ3n) is 5.59. The highest BCUT2D eigenvalue weighted by atomic mass is 32.2. The maximum atomic E-state index is 12.6. The lowest BCUT2D eigenvalue weighted by Gasteiger charge is -2.23. The Morgan fingerprint density at radius 3 is 2.00 bits per heavy atom. The summed E-state index contributed by atoms with van der Waals surface area (Å²) in [5.41, 5.74) is 0.0120. The third-order valence-corrected chi connectivity index (χ3v) is 6.79. The summed E-state index contributed by atoms with van der Waals surface area (Å²) in [5.74, 6) is 0.298. The van der Waals surface area contributed by atoms with Crippen LogP contribution in [0.4, 0.5) is 0 Å². The van der Waals surface area contributed by atoms with E-state index in [1.54, 1.807) is 11.8 Å². The fourth-order valence-corrected chi connectivity index (χ4v) is 5.34. The minimum atomic E-state index is -1.20. The molecule has 0 aliphatic heterocycles. The van der Waals surface area contributed by atoms with Gasteiger partial charge in [-0.3, -0.25) is 9.59 Å². The summed E-state index contributed by atoms with van der Waals surface area (Å²) in [4.78, 5) is 26.4. The zero-order chi connectivity index (χ0) is 20.0. The summed E-state index contributed by atoms with van der Waals surface area (Å²) in [6, 6.07) is 20.4. The van der Waals surface area contributed by atoms with Crippen LogP contribution in [0, 0.1) is 17.3 Å². The van der Waals surface area contributed by atoms with Gasteiger partial charge in [0.15, 0.2) is 5.41 Å². The first-order valence-corrected chi connectivity index (χ1v) is 10.5. The van der Waals surface area contributed by atoms with Gasteiger partial charge >= 0.3 is 11.9 Å². The van der Waals surface area contributed by atoms with Gasteiger partial charge in [0, 0.05) is 10.6 Å². The molecule has 4 nitrogen and oxygen atoms in total. The largest absolute Gasteiger partial charge is 0.468 e. The van der Waals surface area contributed by atoms with Gasteiger partial charge in [-0.05, 0) is 48.8 Å². The molecule has 0 N–H and O–H groups in total. The Morgan fingerprint density at radius 1 is 0.893 bits per heavy atom. The van der Waals surface area contributed by atoms with Crippen LogP contribution >= 0.6 is 11.8 Å². The Kier molecular flexibility index (Phi) is 6.79. The van der Waals surface area contributed by atoms with Gasteiger partial charge in [-0.1, -0.05) is 48.5 Å². The number of rotatable bonds is 7. The molecule has 1 aliphatic rings. The Hall–Kier alpha value is -2.27. The van der Waals surface area contributed by atoms with Crippen LogP contribution < -0.4 is 0 Å². The summed E-state index contributed by atoms with van der Waals surface area (Å²) in [5, 5.41) is 0. The predicted molar refractivity (Wildman–Crippen MR) is 110 cm³/mol. The molecular weight excluding hydrogens is 372 g/mol. The normalized spacial score (nSPS) is 20.5. The smallest absolute Gasteiger partial charge is 0.323 e. The molecule has 0 saturated heterocycles.